The van der Waals surface area contributed by atoms with Crippen molar-refractivity contribution in [2.75, 3.05) is 31.6 Å². The smallest absolute Gasteiger partial charge is 0.322 e. The lowest BCUT2D eigenvalue weighted by atomic mass is 10.2. The number of carbonyl (C=O) groups excluding carboxylic acids is 1. The fourth-order valence-corrected chi connectivity index (χ4v) is 1.82. The molecule has 1 heterocycles. The lowest BCUT2D eigenvalue weighted by Gasteiger charge is -2.27. The molecule has 1 saturated heterocycles. The number of ether oxygens (including phenoxy) is 1. The van der Waals surface area contributed by atoms with E-state index in [1.54, 1.807) is 23.1 Å². The first-order chi connectivity index (χ1) is 8.70. The second-order valence-electron chi connectivity index (χ2n) is 3.84. The van der Waals surface area contributed by atoms with Crippen LogP contribution in [0.2, 0.25) is 5.02 Å². The third-order valence-corrected chi connectivity index (χ3v) is 2.96. The molecule has 0 bridgehead atoms. The van der Waals surface area contributed by atoms with E-state index < -0.39 is 0 Å². The van der Waals surface area contributed by atoms with Crippen molar-refractivity contribution in [3.05, 3.63) is 28.8 Å². The molecule has 0 atom stereocenters. The van der Waals surface area contributed by atoms with Crippen LogP contribution in [0.3, 0.4) is 0 Å². The number of carbonyl (C=O) groups is 1. The van der Waals surface area contributed by atoms with Gasteiger partial charge in [-0.25, -0.2) is 4.79 Å². The molecule has 1 fully saturated rings. The van der Waals surface area contributed by atoms with Crippen molar-refractivity contribution in [2.45, 2.75) is 0 Å². The van der Waals surface area contributed by atoms with Crippen LogP contribution in [0.5, 0.6) is 0 Å². The van der Waals surface area contributed by atoms with Crippen LogP contribution in [-0.4, -0.2) is 37.2 Å². The molecule has 2 rings (SSSR count). The Kier molecular flexibility index (Phi) is 4.03. The predicted molar refractivity (Wildman–Crippen MR) is 67.6 cm³/mol. The van der Waals surface area contributed by atoms with E-state index in [0.29, 0.717) is 42.6 Å². The summed E-state index contributed by atoms with van der Waals surface area (Å²) in [5.74, 6) is 0. The van der Waals surface area contributed by atoms with E-state index in [1.165, 1.54) is 0 Å². The molecule has 1 aliphatic rings. The highest BCUT2D eigenvalue weighted by Crippen LogP contribution is 2.23. The molecule has 0 unspecified atom stereocenters. The summed E-state index contributed by atoms with van der Waals surface area (Å²) in [5.41, 5.74) is 0.906. The first-order valence-corrected chi connectivity index (χ1v) is 5.92. The number of nitriles is 1. The highest BCUT2D eigenvalue weighted by atomic mass is 35.5. The van der Waals surface area contributed by atoms with Gasteiger partial charge in [0.2, 0.25) is 0 Å². The van der Waals surface area contributed by atoms with Crippen LogP contribution in [0.4, 0.5) is 10.5 Å². The number of hydrogen-bond donors (Lipinski definition) is 1. The molecule has 0 saturated carbocycles. The average molecular weight is 266 g/mol. The largest absolute Gasteiger partial charge is 0.378 e. The minimum absolute atomic E-state index is 0.227. The summed E-state index contributed by atoms with van der Waals surface area (Å²) < 4.78 is 5.17. The average Bonchev–Trinajstić information content (AvgIpc) is 2.42. The summed E-state index contributed by atoms with van der Waals surface area (Å²) in [6, 6.07) is 6.53. The number of anilines is 1. The van der Waals surface area contributed by atoms with Gasteiger partial charge in [0.15, 0.2) is 0 Å². The summed E-state index contributed by atoms with van der Waals surface area (Å²) in [6.45, 7) is 2.20. The van der Waals surface area contributed by atoms with Gasteiger partial charge in [0.05, 0.1) is 35.6 Å². The van der Waals surface area contributed by atoms with E-state index in [9.17, 15) is 4.79 Å². The Hall–Kier alpha value is -1.77. The predicted octanol–water partition coefficient (Wildman–Crippen LogP) is 2.08. The number of nitrogens with one attached hydrogen (secondary N) is 1. The zero-order valence-corrected chi connectivity index (χ0v) is 10.4. The molecule has 0 radical (unpaired) electrons. The molecule has 1 aliphatic heterocycles. The van der Waals surface area contributed by atoms with Gasteiger partial charge in [0, 0.05) is 13.1 Å². The van der Waals surface area contributed by atoms with Crippen LogP contribution in [0.25, 0.3) is 0 Å². The lowest BCUT2D eigenvalue weighted by molar-refractivity contribution is 0.0564. The lowest BCUT2D eigenvalue weighted by Crippen LogP contribution is -2.43. The summed E-state index contributed by atoms with van der Waals surface area (Å²) in [5, 5.41) is 11.9. The first-order valence-electron chi connectivity index (χ1n) is 5.54. The molecule has 1 N–H and O–H groups in total. The maximum atomic E-state index is 11.9. The number of halogens is 1. The van der Waals surface area contributed by atoms with Crippen LogP contribution in [0, 0.1) is 11.3 Å². The van der Waals surface area contributed by atoms with Gasteiger partial charge in [0.1, 0.15) is 0 Å². The molecule has 6 heteroatoms. The Morgan fingerprint density at radius 1 is 1.44 bits per heavy atom. The number of hydrogen-bond acceptors (Lipinski definition) is 3. The highest BCUT2D eigenvalue weighted by Gasteiger charge is 2.17. The second-order valence-corrected chi connectivity index (χ2v) is 4.24. The summed E-state index contributed by atoms with van der Waals surface area (Å²) in [4.78, 5) is 13.6. The number of morpholine rings is 1. The fraction of sp³-hybridized carbons (Fsp3) is 0.333. The number of benzene rings is 1. The van der Waals surface area contributed by atoms with Crippen LogP contribution in [0.1, 0.15) is 5.56 Å². The minimum Gasteiger partial charge on any atom is -0.378 e. The van der Waals surface area contributed by atoms with Crippen molar-refractivity contribution in [3.63, 3.8) is 0 Å². The van der Waals surface area contributed by atoms with Crippen molar-refractivity contribution in [3.8, 4) is 6.07 Å². The Morgan fingerprint density at radius 3 is 2.83 bits per heavy atom. The number of amides is 2. The Morgan fingerprint density at radius 2 is 2.17 bits per heavy atom. The molecule has 18 heavy (non-hydrogen) atoms. The van der Waals surface area contributed by atoms with Gasteiger partial charge in [-0.1, -0.05) is 11.6 Å². The van der Waals surface area contributed by atoms with E-state index in [1.807, 2.05) is 6.07 Å². The van der Waals surface area contributed by atoms with Gasteiger partial charge in [-0.05, 0) is 18.2 Å². The van der Waals surface area contributed by atoms with Crippen LogP contribution < -0.4 is 5.32 Å². The van der Waals surface area contributed by atoms with Crippen molar-refractivity contribution >= 4 is 23.3 Å². The number of urea groups is 1. The van der Waals surface area contributed by atoms with Gasteiger partial charge in [0.25, 0.3) is 0 Å². The van der Waals surface area contributed by atoms with E-state index in [4.69, 9.17) is 21.6 Å². The highest BCUT2D eigenvalue weighted by molar-refractivity contribution is 6.33. The van der Waals surface area contributed by atoms with Gasteiger partial charge < -0.3 is 15.0 Å². The minimum atomic E-state index is -0.227. The zero-order valence-electron chi connectivity index (χ0n) is 9.65. The maximum absolute atomic E-state index is 11.9. The molecule has 0 aromatic heterocycles. The third kappa shape index (κ3) is 2.92. The topological polar surface area (TPSA) is 65.4 Å². The fourth-order valence-electron chi connectivity index (χ4n) is 1.65. The summed E-state index contributed by atoms with van der Waals surface area (Å²) >= 11 is 5.97. The van der Waals surface area contributed by atoms with Crippen molar-refractivity contribution in [1.29, 1.82) is 5.26 Å². The standard InChI is InChI=1S/C12H12ClN3O2/c13-10-2-1-9(8-14)7-11(10)15-12(17)16-3-5-18-6-4-16/h1-2,7H,3-6H2,(H,15,17). The maximum Gasteiger partial charge on any atom is 0.322 e. The SMILES string of the molecule is N#Cc1ccc(Cl)c(NC(=O)N2CCOCC2)c1. The van der Waals surface area contributed by atoms with E-state index >= 15 is 0 Å². The van der Waals surface area contributed by atoms with E-state index in [0.717, 1.165) is 0 Å². The van der Waals surface area contributed by atoms with Crippen LogP contribution in [-0.2, 0) is 4.74 Å². The van der Waals surface area contributed by atoms with Crippen molar-refractivity contribution in [2.24, 2.45) is 0 Å². The first kappa shape index (κ1) is 12.7. The van der Waals surface area contributed by atoms with E-state index in [2.05, 4.69) is 5.32 Å². The van der Waals surface area contributed by atoms with Gasteiger partial charge in [-0.3, -0.25) is 0 Å². The Bertz CT molecular complexity index is 493. The van der Waals surface area contributed by atoms with Crippen molar-refractivity contribution < 1.29 is 9.53 Å². The van der Waals surface area contributed by atoms with Crippen LogP contribution >= 0.6 is 11.6 Å². The van der Waals surface area contributed by atoms with Crippen LogP contribution in [0.15, 0.2) is 18.2 Å². The summed E-state index contributed by atoms with van der Waals surface area (Å²) in [6.07, 6.45) is 0. The molecule has 1 aromatic rings. The molecule has 0 aliphatic carbocycles. The Balaban J connectivity index is 2.08. The quantitative estimate of drug-likeness (QED) is 0.845. The molecule has 5 nitrogen and oxygen atoms in total. The normalized spacial score (nSPS) is 15.0. The monoisotopic (exact) mass is 265 g/mol. The number of rotatable bonds is 1. The molecule has 2 amide bonds. The molecular weight excluding hydrogens is 254 g/mol. The zero-order chi connectivity index (χ0) is 13.0. The molecule has 1 aromatic carbocycles. The van der Waals surface area contributed by atoms with Gasteiger partial charge in [-0.2, -0.15) is 5.26 Å². The Labute approximate surface area is 110 Å². The number of nitrogens with zero attached hydrogens (tertiary/aromatic N) is 2. The molecule has 94 valence electrons. The molecule has 0 spiro atoms. The van der Waals surface area contributed by atoms with Gasteiger partial charge in [-0.15, -0.1) is 0 Å². The summed E-state index contributed by atoms with van der Waals surface area (Å²) in [7, 11) is 0. The third-order valence-electron chi connectivity index (χ3n) is 2.64. The van der Waals surface area contributed by atoms with E-state index in [-0.39, 0.29) is 6.03 Å². The second kappa shape index (κ2) is 5.71. The van der Waals surface area contributed by atoms with Crippen molar-refractivity contribution in [1.82, 2.24) is 4.90 Å². The molecular formula is C12H12ClN3O2. The van der Waals surface area contributed by atoms with Gasteiger partial charge >= 0.3 is 6.03 Å².